The van der Waals surface area contributed by atoms with Gasteiger partial charge in [0.05, 0.1) is 30.8 Å². The third-order valence-corrected chi connectivity index (χ3v) is 15.8. The van der Waals surface area contributed by atoms with E-state index >= 15 is 0 Å². The lowest BCUT2D eigenvalue weighted by Gasteiger charge is -2.37. The molecule has 10 N–H and O–H groups in total. The third-order valence-electron chi connectivity index (χ3n) is 15.8. The predicted molar refractivity (Wildman–Crippen MR) is 256 cm³/mol. The standard InChI is InChI=1S/C54H75N3O8/c1-34(60)29-56-30-45-43-10-8-11-46(43)54(21-6-7-22-54)28-48-44(45)27-47(57-48)50(62)33-64-52-24-35(15-20-49(52)61)13-18-41-26-39(32-59)51(65-41)12-5-3-2-4-9-40(55)25-38-17-16-37-23-36(31-58)14-19-42(37)53(38)63/h14-17,19-20,23-24,26-27,34,38,40,43,45-46,50-51,53,56,58-60,62-63,65H,2-13,18,21-22,25,28-33,55H2,1H3/p+1/t34-,38-,40-,43-,45-,46-,50-,51?,53-/m0/s1. The quantitative estimate of drug-likeness (QED) is 0.0342. The number of nitrogens with two attached hydrogens (primary N) is 1. The molecule has 11 nitrogen and oxygen atoms in total. The van der Waals surface area contributed by atoms with Crippen molar-refractivity contribution in [2.24, 2.45) is 39.8 Å². The highest BCUT2D eigenvalue weighted by atomic mass is 16.5. The van der Waals surface area contributed by atoms with E-state index < -0.39 is 18.3 Å². The fourth-order valence-corrected chi connectivity index (χ4v) is 12.4. The van der Waals surface area contributed by atoms with Crippen LogP contribution in [0.1, 0.15) is 138 Å². The van der Waals surface area contributed by atoms with Crippen LogP contribution in [0.3, 0.4) is 0 Å². The van der Waals surface area contributed by atoms with Gasteiger partial charge in [0, 0.05) is 44.5 Å². The topological polar surface area (TPSA) is 194 Å². The van der Waals surface area contributed by atoms with Crippen LogP contribution in [0.15, 0.2) is 70.9 Å². The molecule has 2 heterocycles. The third kappa shape index (κ3) is 11.4. The van der Waals surface area contributed by atoms with Gasteiger partial charge in [0.15, 0.2) is 17.6 Å². The summed E-state index contributed by atoms with van der Waals surface area (Å²) in [4.78, 5) is 5.14. The summed E-state index contributed by atoms with van der Waals surface area (Å²) in [6.07, 6.45) is 25.2. The number of benzene rings is 2. The molecule has 1 spiro atoms. The fraction of sp³-hybridized carbons (Fsp3) is 0.611. The molecule has 3 fully saturated rings. The number of hydrogen-bond acceptors (Lipinski definition) is 10. The lowest BCUT2D eigenvalue weighted by molar-refractivity contribution is -0.0552. The first kappa shape index (κ1) is 47.8. The molecule has 4 aliphatic carbocycles. The summed E-state index contributed by atoms with van der Waals surface area (Å²) in [5, 5.41) is 66.4. The zero-order valence-corrected chi connectivity index (χ0v) is 38.6. The van der Waals surface area contributed by atoms with Crippen LogP contribution in [-0.2, 0) is 13.0 Å². The second-order valence-corrected chi connectivity index (χ2v) is 20.4. The Hall–Kier alpha value is -3.65. The van der Waals surface area contributed by atoms with Gasteiger partial charge in [-0.1, -0.05) is 68.9 Å². The van der Waals surface area contributed by atoms with E-state index in [4.69, 9.17) is 20.2 Å². The van der Waals surface area contributed by atoms with Crippen LogP contribution in [0.4, 0.5) is 0 Å². The Labute approximate surface area is 386 Å². The Morgan fingerprint density at radius 1 is 1.02 bits per heavy atom. The Balaban J connectivity index is 0.772. The molecule has 3 saturated carbocycles. The average Bonchev–Trinajstić information content (AvgIpc) is 4.13. The van der Waals surface area contributed by atoms with E-state index in [1.165, 1.54) is 50.9 Å². The van der Waals surface area contributed by atoms with E-state index in [2.05, 4.69) is 17.5 Å². The van der Waals surface area contributed by atoms with Crippen LogP contribution < -0.4 is 15.8 Å². The largest absolute Gasteiger partial charge is 0.504 e. The van der Waals surface area contributed by atoms with Gasteiger partial charge in [0.1, 0.15) is 30.4 Å². The molecule has 11 heteroatoms. The summed E-state index contributed by atoms with van der Waals surface area (Å²) >= 11 is 0. The molecule has 0 bridgehead atoms. The van der Waals surface area contributed by atoms with Crippen LogP contribution in [0.2, 0.25) is 0 Å². The van der Waals surface area contributed by atoms with Crippen molar-refractivity contribution in [1.29, 1.82) is 0 Å². The average molecular weight is 895 g/mol. The Bertz CT molecular complexity index is 2020. The second kappa shape index (κ2) is 22.0. The van der Waals surface area contributed by atoms with Gasteiger partial charge in [-0.2, -0.15) is 0 Å². The molecular formula is C54H76N3O8+. The maximum atomic E-state index is 11.5. The summed E-state index contributed by atoms with van der Waals surface area (Å²) in [6.45, 7) is 3.13. The lowest BCUT2D eigenvalue weighted by Crippen LogP contribution is -2.38. The number of fused-ring (bicyclic) bond motifs is 4. The van der Waals surface area contributed by atoms with Crippen LogP contribution in [0.5, 0.6) is 11.5 Å². The fourth-order valence-electron chi connectivity index (χ4n) is 12.4. The molecule has 1 unspecified atom stereocenters. The number of unbranched alkanes of at least 4 members (excludes halogenated alkanes) is 3. The summed E-state index contributed by atoms with van der Waals surface area (Å²) < 4.78 is 11.1. The number of nitrogens with one attached hydrogen (secondary N) is 1. The van der Waals surface area contributed by atoms with E-state index in [9.17, 15) is 30.6 Å². The molecular weight excluding hydrogens is 819 g/mol. The number of aliphatic imine (C=N–C) groups is 1. The van der Waals surface area contributed by atoms with Crippen molar-refractivity contribution in [3.63, 3.8) is 0 Å². The maximum Gasteiger partial charge on any atom is 0.208 e. The van der Waals surface area contributed by atoms with E-state index in [-0.39, 0.29) is 43.6 Å². The smallest absolute Gasteiger partial charge is 0.208 e. The van der Waals surface area contributed by atoms with Crippen LogP contribution in [0.25, 0.3) is 6.08 Å². The van der Waals surface area contributed by atoms with Gasteiger partial charge in [-0.15, -0.1) is 16.6 Å². The number of allylic oxidation sites excluding steroid dienone is 1. The number of rotatable bonds is 22. The minimum absolute atomic E-state index is 0.00715. The van der Waals surface area contributed by atoms with Crippen molar-refractivity contribution < 1.29 is 40.1 Å². The van der Waals surface area contributed by atoms with Crippen molar-refractivity contribution in [3.05, 3.63) is 100 Å². The summed E-state index contributed by atoms with van der Waals surface area (Å²) in [6, 6.07) is 11.1. The van der Waals surface area contributed by atoms with Gasteiger partial charge in [-0.05, 0) is 122 Å². The molecule has 2 aromatic rings. The molecule has 0 amide bonds. The van der Waals surface area contributed by atoms with Gasteiger partial charge >= 0.3 is 0 Å². The molecule has 2 aromatic carbocycles. The number of phenols is 1. The minimum atomic E-state index is -0.944. The summed E-state index contributed by atoms with van der Waals surface area (Å²) in [5.74, 6) is 3.18. The molecule has 9 atom stereocenters. The van der Waals surface area contributed by atoms with Gasteiger partial charge in [0.2, 0.25) is 5.70 Å². The number of nitrogens with zero attached hydrogens (tertiary/aromatic N) is 1. The first-order valence-corrected chi connectivity index (χ1v) is 25.0. The monoisotopic (exact) mass is 895 g/mol. The number of hydrogen-bond donors (Lipinski definition) is 8. The molecule has 0 aromatic heterocycles. The number of ether oxygens (including phenoxy) is 2. The number of aliphatic hydroxyl groups excluding tert-OH is 5. The highest BCUT2D eigenvalue weighted by Crippen LogP contribution is 2.61. The van der Waals surface area contributed by atoms with Crippen molar-refractivity contribution >= 4 is 11.8 Å². The first-order chi connectivity index (χ1) is 31.5. The van der Waals surface area contributed by atoms with Crippen molar-refractivity contribution in [3.8, 4) is 11.5 Å². The predicted octanol–water partition coefficient (Wildman–Crippen LogP) is 7.23. The van der Waals surface area contributed by atoms with Gasteiger partial charge in [-0.25, -0.2) is 0 Å². The summed E-state index contributed by atoms with van der Waals surface area (Å²) in [7, 11) is 0. The Morgan fingerprint density at radius 2 is 1.83 bits per heavy atom. The van der Waals surface area contributed by atoms with Crippen LogP contribution >= 0.6 is 0 Å². The number of phenolic OH excluding ortho intramolecular Hbond substituents is 1. The molecule has 65 heavy (non-hydrogen) atoms. The zero-order chi connectivity index (χ0) is 45.5. The molecule has 6 aliphatic rings. The van der Waals surface area contributed by atoms with E-state index in [0.29, 0.717) is 54.0 Å². The van der Waals surface area contributed by atoms with Crippen molar-refractivity contribution in [1.82, 2.24) is 5.32 Å². The number of aryl methyl sites for hydroxylation is 1. The van der Waals surface area contributed by atoms with Gasteiger partial charge in [-0.3, -0.25) is 0 Å². The van der Waals surface area contributed by atoms with Crippen LogP contribution in [0, 0.1) is 41.1 Å². The SMILES string of the molecule is C[C@H](O)CNC[C@@H]1[C+]2C=C([C@@H](O)COc3cc(CC[C-]4C=C(CO)C(CCCCCC[C@H](N)C[C@@H]5C=Cc6cc(CO)ccc6[C@H]5O)[OH+]4)ccc3O)N=C2CC2(CCCC2)[C@H]2CCC[C@@H]12. The zero-order valence-electron chi connectivity index (χ0n) is 38.6. The maximum absolute atomic E-state index is 11.5. The summed E-state index contributed by atoms with van der Waals surface area (Å²) in [5.41, 5.74) is 13.2. The normalized spacial score (nSPS) is 26.9. The Kier molecular flexibility index (Phi) is 16.2. The highest BCUT2D eigenvalue weighted by Gasteiger charge is 2.58. The molecule has 2 aliphatic heterocycles. The minimum Gasteiger partial charge on any atom is -0.504 e. The van der Waals surface area contributed by atoms with E-state index in [0.717, 1.165) is 97.6 Å². The lowest BCUT2D eigenvalue weighted by atomic mass is 9.66. The first-order valence-electron chi connectivity index (χ1n) is 25.0. The molecule has 354 valence electrons. The van der Waals surface area contributed by atoms with E-state index in [1.54, 1.807) is 6.07 Å². The molecule has 0 radical (unpaired) electrons. The van der Waals surface area contributed by atoms with Crippen LogP contribution in [-0.4, -0.2) is 91.7 Å². The molecule has 8 rings (SSSR count). The van der Waals surface area contributed by atoms with Crippen molar-refractivity contribution in [2.75, 3.05) is 26.3 Å². The number of aliphatic hydroxyl groups is 7. The van der Waals surface area contributed by atoms with Crippen molar-refractivity contribution in [2.45, 2.75) is 153 Å². The Morgan fingerprint density at radius 3 is 2.63 bits per heavy atom. The van der Waals surface area contributed by atoms with Gasteiger partial charge in [0.25, 0.3) is 0 Å². The van der Waals surface area contributed by atoms with E-state index in [1.807, 2.05) is 49.4 Å². The number of aromatic hydroxyl groups is 1. The highest BCUT2D eigenvalue weighted by molar-refractivity contribution is 6.03. The second-order valence-electron chi connectivity index (χ2n) is 20.4. The van der Waals surface area contributed by atoms with Gasteiger partial charge < -0.3 is 51.2 Å². The molecule has 0 saturated heterocycles.